The molecule has 118 valence electrons. The molecule has 0 unspecified atom stereocenters. The Morgan fingerprint density at radius 3 is 2.55 bits per heavy atom. The van der Waals surface area contributed by atoms with Crippen molar-refractivity contribution in [2.24, 2.45) is 11.5 Å². The van der Waals surface area contributed by atoms with Gasteiger partial charge in [-0.15, -0.1) is 0 Å². The van der Waals surface area contributed by atoms with E-state index in [2.05, 4.69) is 5.32 Å². The number of nitrogens with zero attached hydrogens (tertiary/aromatic N) is 1. The van der Waals surface area contributed by atoms with Gasteiger partial charge in [0.15, 0.2) is 0 Å². The molecule has 0 spiro atoms. The molecule has 3 amide bonds. The van der Waals surface area contributed by atoms with Crippen LogP contribution in [0.15, 0.2) is 24.3 Å². The van der Waals surface area contributed by atoms with Crippen LogP contribution in [0.1, 0.15) is 24.8 Å². The summed E-state index contributed by atoms with van der Waals surface area (Å²) >= 11 is 6.01. The number of hydrogen-bond acceptors (Lipinski definition) is 3. The van der Waals surface area contributed by atoms with Crippen molar-refractivity contribution < 1.29 is 9.59 Å². The van der Waals surface area contributed by atoms with E-state index in [1.54, 1.807) is 6.07 Å². The van der Waals surface area contributed by atoms with Crippen molar-refractivity contribution >= 4 is 23.5 Å². The number of amides is 3. The Morgan fingerprint density at radius 1 is 1.32 bits per heavy atom. The predicted octanol–water partition coefficient (Wildman–Crippen LogP) is 0.971. The molecule has 0 atom stereocenters. The van der Waals surface area contributed by atoms with Crippen LogP contribution in [0.3, 0.4) is 0 Å². The topological polar surface area (TPSA) is 101 Å². The Hall–Kier alpha value is -1.79. The van der Waals surface area contributed by atoms with E-state index in [0.29, 0.717) is 11.6 Å². The standard InChI is InChI=1S/C15H19ClN4O2/c16-11-3-1-2-10(4-11)6-20(12(21)5-19-13(17)22)15-7-14(18,8-15)9-15/h1-4H,5-9,18H2,(H3,17,19,22). The minimum Gasteiger partial charge on any atom is -0.352 e. The predicted molar refractivity (Wildman–Crippen MR) is 83.1 cm³/mol. The second kappa shape index (κ2) is 5.14. The highest BCUT2D eigenvalue weighted by atomic mass is 35.5. The number of carbonyl (C=O) groups excluding carboxylic acids is 2. The van der Waals surface area contributed by atoms with E-state index in [1.165, 1.54) is 0 Å². The molecule has 3 saturated carbocycles. The Balaban J connectivity index is 1.75. The first kappa shape index (κ1) is 15.1. The molecule has 22 heavy (non-hydrogen) atoms. The third-order valence-corrected chi connectivity index (χ3v) is 4.80. The van der Waals surface area contributed by atoms with Gasteiger partial charge in [0.25, 0.3) is 0 Å². The maximum Gasteiger partial charge on any atom is 0.312 e. The van der Waals surface area contributed by atoms with Crippen molar-refractivity contribution in [3.63, 3.8) is 0 Å². The summed E-state index contributed by atoms with van der Waals surface area (Å²) < 4.78 is 0. The number of rotatable bonds is 5. The zero-order chi connectivity index (χ0) is 16.0. The van der Waals surface area contributed by atoms with Gasteiger partial charge in [0, 0.05) is 22.6 Å². The van der Waals surface area contributed by atoms with Gasteiger partial charge in [0.1, 0.15) is 0 Å². The average molecular weight is 323 g/mol. The minimum absolute atomic E-state index is 0.102. The SMILES string of the molecule is NC(=O)NCC(=O)N(Cc1cccc(Cl)c1)C12CC(N)(C1)C2. The molecule has 0 aromatic heterocycles. The quantitative estimate of drug-likeness (QED) is 0.752. The summed E-state index contributed by atoms with van der Waals surface area (Å²) in [6.07, 6.45) is 2.43. The Labute approximate surface area is 133 Å². The highest BCUT2D eigenvalue weighted by Crippen LogP contribution is 2.62. The molecule has 4 rings (SSSR count). The lowest BCUT2D eigenvalue weighted by atomic mass is 9.44. The smallest absolute Gasteiger partial charge is 0.312 e. The summed E-state index contributed by atoms with van der Waals surface area (Å²) in [4.78, 5) is 25.1. The Bertz CT molecular complexity index is 614. The largest absolute Gasteiger partial charge is 0.352 e. The van der Waals surface area contributed by atoms with Crippen LogP contribution < -0.4 is 16.8 Å². The third-order valence-electron chi connectivity index (χ3n) is 4.56. The molecular formula is C15H19ClN4O2. The van der Waals surface area contributed by atoms with Crippen LogP contribution in [-0.2, 0) is 11.3 Å². The summed E-state index contributed by atoms with van der Waals surface area (Å²) in [5.74, 6) is -0.152. The molecule has 0 heterocycles. The molecule has 0 saturated heterocycles. The van der Waals surface area contributed by atoms with Crippen LogP contribution in [0.4, 0.5) is 4.79 Å². The number of nitrogens with one attached hydrogen (secondary N) is 1. The summed E-state index contributed by atoms with van der Waals surface area (Å²) in [5, 5.41) is 2.99. The number of hydrogen-bond donors (Lipinski definition) is 3. The van der Waals surface area contributed by atoms with Gasteiger partial charge in [0.2, 0.25) is 5.91 Å². The third kappa shape index (κ3) is 2.64. The normalized spacial score (nSPS) is 28.3. The monoisotopic (exact) mass is 322 g/mol. The molecule has 7 heteroatoms. The average Bonchev–Trinajstić information content (AvgIpc) is 2.38. The van der Waals surface area contributed by atoms with Crippen molar-refractivity contribution in [3.8, 4) is 0 Å². The molecule has 2 bridgehead atoms. The van der Waals surface area contributed by atoms with E-state index in [9.17, 15) is 9.59 Å². The fraction of sp³-hybridized carbons (Fsp3) is 0.467. The first-order valence-electron chi connectivity index (χ1n) is 7.19. The van der Waals surface area contributed by atoms with Crippen LogP contribution in [-0.4, -0.2) is 34.5 Å². The summed E-state index contributed by atoms with van der Waals surface area (Å²) in [5.41, 5.74) is 11.8. The maximum atomic E-state index is 12.5. The van der Waals surface area contributed by atoms with E-state index in [1.807, 2.05) is 23.1 Å². The van der Waals surface area contributed by atoms with Crippen molar-refractivity contribution in [3.05, 3.63) is 34.9 Å². The van der Waals surface area contributed by atoms with Gasteiger partial charge in [-0.1, -0.05) is 23.7 Å². The van der Waals surface area contributed by atoms with Gasteiger partial charge >= 0.3 is 6.03 Å². The number of primary amides is 1. The summed E-state index contributed by atoms with van der Waals surface area (Å²) in [7, 11) is 0. The fourth-order valence-corrected chi connectivity index (χ4v) is 3.91. The number of urea groups is 1. The number of nitrogens with two attached hydrogens (primary N) is 2. The second-order valence-electron chi connectivity index (χ2n) is 6.44. The van der Waals surface area contributed by atoms with Crippen molar-refractivity contribution in [1.82, 2.24) is 10.2 Å². The fourth-order valence-electron chi connectivity index (χ4n) is 3.69. The maximum absolute atomic E-state index is 12.5. The molecule has 3 aliphatic rings. The van der Waals surface area contributed by atoms with Crippen LogP contribution in [0.2, 0.25) is 5.02 Å². The molecule has 5 N–H and O–H groups in total. The van der Waals surface area contributed by atoms with E-state index >= 15 is 0 Å². The molecule has 6 nitrogen and oxygen atoms in total. The van der Waals surface area contributed by atoms with E-state index in [-0.39, 0.29) is 23.5 Å². The molecule has 1 aromatic carbocycles. The first-order valence-corrected chi connectivity index (χ1v) is 7.57. The molecule has 1 aromatic rings. The molecular weight excluding hydrogens is 304 g/mol. The van der Waals surface area contributed by atoms with E-state index in [4.69, 9.17) is 23.1 Å². The molecule has 0 aliphatic heterocycles. The van der Waals surface area contributed by atoms with E-state index < -0.39 is 6.03 Å². The molecule has 3 aliphatic carbocycles. The van der Waals surface area contributed by atoms with Crippen LogP contribution in [0.25, 0.3) is 0 Å². The zero-order valence-corrected chi connectivity index (χ0v) is 12.9. The van der Waals surface area contributed by atoms with Gasteiger partial charge in [0.05, 0.1) is 6.54 Å². The Kier molecular flexibility index (Phi) is 3.53. The highest BCUT2D eigenvalue weighted by molar-refractivity contribution is 6.30. The van der Waals surface area contributed by atoms with E-state index in [0.717, 1.165) is 24.8 Å². The van der Waals surface area contributed by atoms with Gasteiger partial charge in [-0.25, -0.2) is 4.79 Å². The molecule has 3 fully saturated rings. The lowest BCUT2D eigenvalue weighted by Gasteiger charge is -2.72. The van der Waals surface area contributed by atoms with Gasteiger partial charge in [-0.05, 0) is 37.0 Å². The highest BCUT2D eigenvalue weighted by Gasteiger charge is 2.69. The van der Waals surface area contributed by atoms with Crippen LogP contribution >= 0.6 is 11.6 Å². The number of halogens is 1. The number of carbonyl (C=O) groups is 2. The lowest BCUT2D eigenvalue weighted by molar-refractivity contribution is -0.181. The second-order valence-corrected chi connectivity index (χ2v) is 6.88. The first-order chi connectivity index (χ1) is 10.3. The lowest BCUT2D eigenvalue weighted by Crippen LogP contribution is -2.82. The van der Waals surface area contributed by atoms with Crippen molar-refractivity contribution in [2.75, 3.05) is 6.54 Å². The van der Waals surface area contributed by atoms with Crippen LogP contribution in [0, 0.1) is 0 Å². The van der Waals surface area contributed by atoms with Crippen LogP contribution in [0.5, 0.6) is 0 Å². The molecule has 0 radical (unpaired) electrons. The zero-order valence-electron chi connectivity index (χ0n) is 12.1. The van der Waals surface area contributed by atoms with Gasteiger partial charge in [-0.3, -0.25) is 4.79 Å². The van der Waals surface area contributed by atoms with Crippen molar-refractivity contribution in [1.29, 1.82) is 0 Å². The summed E-state index contributed by atoms with van der Waals surface area (Å²) in [6, 6.07) is 6.71. The van der Waals surface area contributed by atoms with Crippen molar-refractivity contribution in [2.45, 2.75) is 36.9 Å². The Morgan fingerprint density at radius 2 is 2.00 bits per heavy atom. The number of benzene rings is 1. The van der Waals surface area contributed by atoms with Gasteiger partial charge < -0.3 is 21.7 Å². The summed E-state index contributed by atoms with van der Waals surface area (Å²) in [6.45, 7) is 0.352. The minimum atomic E-state index is -0.705. The van der Waals surface area contributed by atoms with Gasteiger partial charge in [-0.2, -0.15) is 0 Å².